The third-order valence-electron chi connectivity index (χ3n) is 5.96. The summed E-state index contributed by atoms with van der Waals surface area (Å²) >= 11 is 0. The molecule has 8 nitrogen and oxygen atoms in total. The lowest BCUT2D eigenvalue weighted by atomic mass is 10.0. The van der Waals surface area contributed by atoms with Crippen molar-refractivity contribution >= 4 is 28.7 Å². The highest BCUT2D eigenvalue weighted by molar-refractivity contribution is 5.90. The van der Waals surface area contributed by atoms with Gasteiger partial charge in [-0.05, 0) is 37.0 Å². The monoisotopic (exact) mass is 431 g/mol. The highest BCUT2D eigenvalue weighted by Gasteiger charge is 2.33. The molecule has 3 aromatic rings. The normalized spacial score (nSPS) is 18.3. The summed E-state index contributed by atoms with van der Waals surface area (Å²) in [5.41, 5.74) is 2.06. The van der Waals surface area contributed by atoms with Crippen LogP contribution in [0.3, 0.4) is 0 Å². The summed E-state index contributed by atoms with van der Waals surface area (Å²) < 4.78 is 7.42. The van der Waals surface area contributed by atoms with Crippen molar-refractivity contribution in [3.8, 4) is 0 Å². The van der Waals surface area contributed by atoms with Gasteiger partial charge in [-0.25, -0.2) is 9.78 Å². The maximum absolute atomic E-state index is 13.2. The number of rotatable bonds is 3. The van der Waals surface area contributed by atoms with Crippen LogP contribution in [-0.4, -0.2) is 45.6 Å². The van der Waals surface area contributed by atoms with E-state index in [1.807, 2.05) is 59.2 Å². The van der Waals surface area contributed by atoms with Gasteiger partial charge in [0.2, 0.25) is 5.62 Å². The molecule has 1 unspecified atom stereocenters. The first-order valence-corrected chi connectivity index (χ1v) is 11.0. The number of benzene rings is 2. The van der Waals surface area contributed by atoms with Gasteiger partial charge < -0.3 is 10.1 Å². The van der Waals surface area contributed by atoms with Crippen molar-refractivity contribution in [2.45, 2.75) is 38.5 Å². The third-order valence-corrected chi connectivity index (χ3v) is 5.96. The maximum Gasteiger partial charge on any atom is 0.410 e. The molecular weight excluding hydrogens is 406 g/mol. The zero-order valence-corrected chi connectivity index (χ0v) is 17.7. The van der Waals surface area contributed by atoms with Crippen molar-refractivity contribution < 1.29 is 14.3 Å². The van der Waals surface area contributed by atoms with Crippen LogP contribution in [-0.2, 0) is 22.7 Å². The number of carbonyl (C=O) groups is 2. The maximum atomic E-state index is 13.2. The second-order valence-electron chi connectivity index (χ2n) is 8.05. The lowest BCUT2D eigenvalue weighted by Crippen LogP contribution is -2.48. The van der Waals surface area contributed by atoms with E-state index in [1.165, 1.54) is 4.90 Å². The molecular formula is C24H25N5O3. The second-order valence-corrected chi connectivity index (χ2v) is 8.05. The smallest absolute Gasteiger partial charge is 0.410 e. The number of piperidine rings is 1. The van der Waals surface area contributed by atoms with Crippen LogP contribution in [0.5, 0.6) is 0 Å². The van der Waals surface area contributed by atoms with Crippen molar-refractivity contribution in [1.29, 1.82) is 0 Å². The molecule has 0 saturated carbocycles. The van der Waals surface area contributed by atoms with Gasteiger partial charge in [0.1, 0.15) is 18.5 Å². The van der Waals surface area contributed by atoms with Gasteiger partial charge in [-0.3, -0.25) is 14.3 Å². The van der Waals surface area contributed by atoms with Crippen LogP contribution < -0.4 is 10.9 Å². The van der Waals surface area contributed by atoms with Crippen LogP contribution >= 0.6 is 0 Å². The van der Waals surface area contributed by atoms with Gasteiger partial charge in [0.25, 0.3) is 5.91 Å². The summed E-state index contributed by atoms with van der Waals surface area (Å²) in [5, 5.41) is 4.36. The Kier molecular flexibility index (Phi) is 5.58. The number of likely N-dealkylation sites (tertiary alicyclic amines) is 1. The van der Waals surface area contributed by atoms with E-state index < -0.39 is 12.1 Å². The Balaban J connectivity index is 1.40. The van der Waals surface area contributed by atoms with Crippen molar-refractivity contribution in [3.05, 3.63) is 65.8 Å². The van der Waals surface area contributed by atoms with Crippen molar-refractivity contribution in [1.82, 2.24) is 14.5 Å². The number of hydrogen-bond acceptors (Lipinski definition) is 5. The molecule has 1 fully saturated rings. The van der Waals surface area contributed by atoms with E-state index in [1.54, 1.807) is 0 Å². The molecule has 2 amide bonds. The predicted octanol–water partition coefficient (Wildman–Crippen LogP) is 3.08. The van der Waals surface area contributed by atoms with Gasteiger partial charge in [0, 0.05) is 25.0 Å². The molecule has 5 rings (SSSR count). The minimum atomic E-state index is -0.633. The summed E-state index contributed by atoms with van der Waals surface area (Å²) in [5.74, 6) is 0.565. The Hall–Kier alpha value is -3.68. The van der Waals surface area contributed by atoms with E-state index in [0.717, 1.165) is 41.7 Å². The number of anilines is 1. The molecule has 1 saturated heterocycles. The minimum Gasteiger partial charge on any atom is -0.445 e. The highest BCUT2D eigenvalue weighted by atomic mass is 16.6. The second kappa shape index (κ2) is 8.82. The van der Waals surface area contributed by atoms with Gasteiger partial charge in [0.15, 0.2) is 0 Å². The molecule has 2 aliphatic rings. The summed E-state index contributed by atoms with van der Waals surface area (Å²) in [6.07, 6.45) is 1.80. The Labute approximate surface area is 185 Å². The molecule has 164 valence electrons. The van der Waals surface area contributed by atoms with E-state index in [2.05, 4.69) is 15.3 Å². The molecule has 1 atom stereocenters. The number of nitrogens with zero attached hydrogens (tertiary/aromatic N) is 4. The number of para-hydroxylation sites is 1. The van der Waals surface area contributed by atoms with Crippen molar-refractivity contribution in [2.75, 3.05) is 18.4 Å². The Morgan fingerprint density at radius 3 is 2.75 bits per heavy atom. The Bertz CT molecular complexity index is 1220. The first kappa shape index (κ1) is 20.2. The molecule has 32 heavy (non-hydrogen) atoms. The van der Waals surface area contributed by atoms with E-state index >= 15 is 0 Å². The molecule has 0 spiro atoms. The summed E-state index contributed by atoms with van der Waals surface area (Å²) in [6.45, 7) is 2.10. The number of nitrogens with one attached hydrogen (secondary N) is 1. The third kappa shape index (κ3) is 3.95. The van der Waals surface area contributed by atoms with Crippen molar-refractivity contribution in [2.24, 2.45) is 4.99 Å². The van der Waals surface area contributed by atoms with E-state index in [-0.39, 0.29) is 12.5 Å². The molecule has 1 aromatic heterocycles. The number of aromatic nitrogens is 2. The number of hydrogen-bond donors (Lipinski definition) is 1. The standard InChI is InChI=1S/C24H25N5O3/c30-22(27-23-26-19-11-5-4-10-18(19)21-25-13-15-29(21)23)20-12-6-7-14-28(20)24(31)32-16-17-8-2-1-3-9-17/h1-5,8-11,20,25H,6-7,12-16H2. The molecule has 1 N–H and O–H groups in total. The van der Waals surface area contributed by atoms with Crippen LogP contribution in [0.4, 0.5) is 10.6 Å². The van der Waals surface area contributed by atoms with Gasteiger partial charge in [-0.2, -0.15) is 4.99 Å². The molecule has 2 aliphatic heterocycles. The Morgan fingerprint density at radius 1 is 1.06 bits per heavy atom. The average molecular weight is 431 g/mol. The van der Waals surface area contributed by atoms with Gasteiger partial charge in [0.05, 0.1) is 5.52 Å². The van der Waals surface area contributed by atoms with Gasteiger partial charge in [-0.15, -0.1) is 0 Å². The van der Waals surface area contributed by atoms with Gasteiger partial charge in [-0.1, -0.05) is 42.5 Å². The molecule has 0 aliphatic carbocycles. The Morgan fingerprint density at radius 2 is 1.88 bits per heavy atom. The zero-order chi connectivity index (χ0) is 21.9. The fourth-order valence-electron chi connectivity index (χ4n) is 4.34. The summed E-state index contributed by atoms with van der Waals surface area (Å²) in [6, 6.07) is 16.7. The molecule has 0 bridgehead atoms. The SMILES string of the molecule is O=C(N=c1nc2ccccc2c2n1CCN2)C1CCCCN1C(=O)OCc1ccccc1. The number of amides is 2. The zero-order valence-electron chi connectivity index (χ0n) is 17.7. The quantitative estimate of drug-likeness (QED) is 0.689. The fourth-order valence-corrected chi connectivity index (χ4v) is 4.34. The van der Waals surface area contributed by atoms with Crippen LogP contribution in [0.25, 0.3) is 10.9 Å². The molecule has 3 heterocycles. The molecule has 2 aromatic carbocycles. The first-order valence-electron chi connectivity index (χ1n) is 11.0. The number of fused-ring (bicyclic) bond motifs is 3. The minimum absolute atomic E-state index is 0.176. The van der Waals surface area contributed by atoms with Gasteiger partial charge >= 0.3 is 6.09 Å². The topological polar surface area (TPSA) is 88.8 Å². The van der Waals surface area contributed by atoms with E-state index in [4.69, 9.17) is 4.74 Å². The highest BCUT2D eigenvalue weighted by Crippen LogP contribution is 2.23. The van der Waals surface area contributed by atoms with Crippen molar-refractivity contribution in [3.63, 3.8) is 0 Å². The molecule has 8 heteroatoms. The van der Waals surface area contributed by atoms with Crippen LogP contribution in [0.15, 0.2) is 59.6 Å². The lowest BCUT2D eigenvalue weighted by molar-refractivity contribution is -0.124. The fraction of sp³-hybridized carbons (Fsp3) is 0.333. The average Bonchev–Trinajstić information content (AvgIpc) is 3.34. The predicted molar refractivity (Wildman–Crippen MR) is 120 cm³/mol. The lowest BCUT2D eigenvalue weighted by Gasteiger charge is -2.32. The summed E-state index contributed by atoms with van der Waals surface area (Å²) in [7, 11) is 0. The largest absolute Gasteiger partial charge is 0.445 e. The van der Waals surface area contributed by atoms with Crippen LogP contribution in [0, 0.1) is 0 Å². The van der Waals surface area contributed by atoms with Crippen LogP contribution in [0.1, 0.15) is 24.8 Å². The van der Waals surface area contributed by atoms with Crippen LogP contribution in [0.2, 0.25) is 0 Å². The van der Waals surface area contributed by atoms with E-state index in [0.29, 0.717) is 25.1 Å². The van der Waals surface area contributed by atoms with E-state index in [9.17, 15) is 9.59 Å². The summed E-state index contributed by atoms with van der Waals surface area (Å²) in [4.78, 5) is 36.5. The first-order chi connectivity index (χ1) is 15.7. The number of ether oxygens (including phenoxy) is 1. The number of carbonyl (C=O) groups excluding carboxylic acids is 2. The molecule has 0 radical (unpaired) electrons.